The van der Waals surface area contributed by atoms with Crippen molar-refractivity contribution in [2.24, 2.45) is 0 Å². The van der Waals surface area contributed by atoms with Crippen LogP contribution >= 0.6 is 11.6 Å². The van der Waals surface area contributed by atoms with E-state index in [0.717, 1.165) is 22.8 Å². The molecule has 1 aliphatic carbocycles. The van der Waals surface area contributed by atoms with E-state index in [0.29, 0.717) is 31.0 Å². The lowest BCUT2D eigenvalue weighted by molar-refractivity contribution is -0.149. The number of nitrogens with zero attached hydrogens (tertiary/aromatic N) is 2. The first-order valence-electron chi connectivity index (χ1n) is 9.06. The number of rotatable bonds is 6. The fourth-order valence-corrected chi connectivity index (χ4v) is 3.78. The zero-order valence-electron chi connectivity index (χ0n) is 15.5. The van der Waals surface area contributed by atoms with Crippen molar-refractivity contribution in [1.82, 2.24) is 9.55 Å². The Hall–Kier alpha value is -1.85. The van der Waals surface area contributed by atoms with Crippen LogP contribution in [-0.2, 0) is 28.1 Å². The molecule has 0 radical (unpaired) electrons. The van der Waals surface area contributed by atoms with Gasteiger partial charge in [0.1, 0.15) is 11.4 Å². The van der Waals surface area contributed by atoms with Crippen LogP contribution in [0.4, 0.5) is 0 Å². The summed E-state index contributed by atoms with van der Waals surface area (Å²) in [4.78, 5) is 16.8. The van der Waals surface area contributed by atoms with Gasteiger partial charge in [0.15, 0.2) is 0 Å². The molecule has 1 aromatic heterocycles. The Morgan fingerprint density at radius 1 is 1.38 bits per heavy atom. The summed E-state index contributed by atoms with van der Waals surface area (Å²) in [5.74, 6) is 0.750. The Balaban J connectivity index is 2.00. The third-order valence-corrected chi connectivity index (χ3v) is 5.05. The van der Waals surface area contributed by atoms with Gasteiger partial charge in [-0.1, -0.05) is 37.6 Å². The highest BCUT2D eigenvalue weighted by molar-refractivity contribution is 6.30. The highest BCUT2D eigenvalue weighted by atomic mass is 35.5. The number of hydrogen-bond acceptors (Lipinski definition) is 4. The van der Waals surface area contributed by atoms with Crippen molar-refractivity contribution >= 4 is 17.6 Å². The molecule has 140 valence electrons. The fraction of sp³-hybridized carbons (Fsp3) is 0.500. The maximum absolute atomic E-state index is 12.0. The molecular weight excluding hydrogens is 352 g/mol. The summed E-state index contributed by atoms with van der Waals surface area (Å²) in [6, 6.07) is 7.65. The summed E-state index contributed by atoms with van der Waals surface area (Å²) in [7, 11) is 0. The van der Waals surface area contributed by atoms with Gasteiger partial charge in [-0.15, -0.1) is 0 Å². The van der Waals surface area contributed by atoms with E-state index < -0.39 is 5.60 Å². The molecule has 0 fully saturated rings. The normalized spacial score (nSPS) is 19.0. The number of carbonyl (C=O) groups excluding carboxylic acids is 1. The third-order valence-electron chi connectivity index (χ3n) is 4.80. The molecule has 0 aliphatic heterocycles. The number of aryl methyl sites for hydroxylation is 1. The van der Waals surface area contributed by atoms with Gasteiger partial charge in [-0.05, 0) is 37.5 Å². The van der Waals surface area contributed by atoms with Gasteiger partial charge in [-0.25, -0.2) is 4.98 Å². The smallest absolute Gasteiger partial charge is 0.309 e. The number of benzene rings is 1. The SMILES string of the molecule is CCOC(=O)CC1(O)CCc2nc(C(C)C)n(Cc3ccc(Cl)cc3)c21. The van der Waals surface area contributed by atoms with E-state index in [4.69, 9.17) is 21.3 Å². The molecule has 3 rings (SSSR count). The van der Waals surface area contributed by atoms with Gasteiger partial charge >= 0.3 is 5.97 Å². The van der Waals surface area contributed by atoms with E-state index in [9.17, 15) is 9.90 Å². The molecule has 26 heavy (non-hydrogen) atoms. The fourth-order valence-electron chi connectivity index (χ4n) is 3.66. The molecule has 0 spiro atoms. The molecular formula is C20H25ClN2O3. The number of esters is 1. The second kappa shape index (κ2) is 7.41. The van der Waals surface area contributed by atoms with Gasteiger partial charge in [0.25, 0.3) is 0 Å². The molecule has 5 nitrogen and oxygen atoms in total. The largest absolute Gasteiger partial charge is 0.466 e. The van der Waals surface area contributed by atoms with E-state index in [2.05, 4.69) is 18.4 Å². The average Bonchev–Trinajstić information content (AvgIpc) is 3.09. The molecule has 0 amide bonds. The Morgan fingerprint density at radius 3 is 2.69 bits per heavy atom. The number of imidazole rings is 1. The van der Waals surface area contributed by atoms with Gasteiger partial charge in [0, 0.05) is 17.5 Å². The lowest BCUT2D eigenvalue weighted by atomic mass is 9.96. The van der Waals surface area contributed by atoms with Crippen LogP contribution in [0.3, 0.4) is 0 Å². The van der Waals surface area contributed by atoms with Crippen molar-refractivity contribution in [1.29, 1.82) is 0 Å². The molecule has 1 atom stereocenters. The van der Waals surface area contributed by atoms with Crippen LogP contribution in [0.2, 0.25) is 5.02 Å². The number of hydrogen-bond donors (Lipinski definition) is 1. The monoisotopic (exact) mass is 376 g/mol. The van der Waals surface area contributed by atoms with E-state index in [1.54, 1.807) is 6.92 Å². The Kier molecular flexibility index (Phi) is 5.39. The molecule has 6 heteroatoms. The number of fused-ring (bicyclic) bond motifs is 1. The quantitative estimate of drug-likeness (QED) is 0.779. The molecule has 0 bridgehead atoms. The first-order valence-corrected chi connectivity index (χ1v) is 9.44. The standard InChI is InChI=1S/C20H25ClN2O3/c1-4-26-17(24)11-20(25)10-9-16-18(20)23(19(22-16)13(2)3)12-14-5-7-15(21)8-6-14/h5-8,13,25H,4,9-12H2,1-3H3. The molecule has 1 aromatic carbocycles. The maximum atomic E-state index is 12.0. The Bertz CT molecular complexity index is 798. The highest BCUT2D eigenvalue weighted by Crippen LogP contribution is 2.41. The topological polar surface area (TPSA) is 64.3 Å². The summed E-state index contributed by atoms with van der Waals surface area (Å²) in [6.07, 6.45) is 1.11. The van der Waals surface area contributed by atoms with Crippen LogP contribution in [0.25, 0.3) is 0 Å². The van der Waals surface area contributed by atoms with Crippen LogP contribution in [0, 0.1) is 0 Å². The minimum atomic E-state index is -1.23. The van der Waals surface area contributed by atoms with Gasteiger partial charge in [-0.3, -0.25) is 4.79 Å². The van der Waals surface area contributed by atoms with Crippen LogP contribution in [-0.4, -0.2) is 27.2 Å². The molecule has 1 heterocycles. The van der Waals surface area contributed by atoms with Gasteiger partial charge in [0.05, 0.1) is 24.4 Å². The lowest BCUT2D eigenvalue weighted by Gasteiger charge is -2.25. The van der Waals surface area contributed by atoms with Crippen molar-refractivity contribution in [3.8, 4) is 0 Å². The van der Waals surface area contributed by atoms with Crippen LogP contribution in [0.15, 0.2) is 24.3 Å². The zero-order valence-corrected chi connectivity index (χ0v) is 16.2. The molecule has 2 aromatic rings. The van der Waals surface area contributed by atoms with Crippen LogP contribution in [0.5, 0.6) is 0 Å². The number of aliphatic hydroxyl groups is 1. The average molecular weight is 377 g/mol. The minimum absolute atomic E-state index is 0.0440. The van der Waals surface area contributed by atoms with Gasteiger partial charge in [0.2, 0.25) is 0 Å². The summed E-state index contributed by atoms with van der Waals surface area (Å²) >= 11 is 5.99. The van der Waals surface area contributed by atoms with Crippen LogP contribution in [0.1, 0.15) is 62.3 Å². The molecule has 1 aliphatic rings. The number of aromatic nitrogens is 2. The molecule has 0 saturated carbocycles. The minimum Gasteiger partial charge on any atom is -0.466 e. The van der Waals surface area contributed by atoms with Crippen molar-refractivity contribution < 1.29 is 14.6 Å². The second-order valence-electron chi connectivity index (χ2n) is 7.15. The summed E-state index contributed by atoms with van der Waals surface area (Å²) < 4.78 is 7.13. The predicted octanol–water partition coefficient (Wildman–Crippen LogP) is 3.80. The van der Waals surface area contributed by atoms with Crippen LogP contribution < -0.4 is 0 Å². The molecule has 0 saturated heterocycles. The van der Waals surface area contributed by atoms with E-state index in [1.165, 1.54) is 0 Å². The van der Waals surface area contributed by atoms with Crippen molar-refractivity contribution in [2.75, 3.05) is 6.61 Å². The van der Waals surface area contributed by atoms with Crippen molar-refractivity contribution in [3.05, 3.63) is 52.1 Å². The van der Waals surface area contributed by atoms with E-state index in [-0.39, 0.29) is 18.3 Å². The molecule has 1 N–H and O–H groups in total. The van der Waals surface area contributed by atoms with E-state index in [1.807, 2.05) is 24.3 Å². The first-order chi connectivity index (χ1) is 12.3. The summed E-state index contributed by atoms with van der Waals surface area (Å²) in [5, 5.41) is 11.9. The zero-order chi connectivity index (χ0) is 18.9. The van der Waals surface area contributed by atoms with Crippen molar-refractivity contribution in [3.63, 3.8) is 0 Å². The third kappa shape index (κ3) is 3.64. The first kappa shape index (κ1) is 18.9. The van der Waals surface area contributed by atoms with E-state index >= 15 is 0 Å². The summed E-state index contributed by atoms with van der Waals surface area (Å²) in [5.41, 5.74) is 1.48. The predicted molar refractivity (Wildman–Crippen MR) is 100 cm³/mol. The number of halogens is 1. The molecule has 1 unspecified atom stereocenters. The van der Waals surface area contributed by atoms with Crippen molar-refractivity contribution in [2.45, 2.75) is 58.1 Å². The maximum Gasteiger partial charge on any atom is 0.309 e. The Morgan fingerprint density at radius 2 is 2.08 bits per heavy atom. The highest BCUT2D eigenvalue weighted by Gasteiger charge is 2.44. The number of ether oxygens (including phenoxy) is 1. The van der Waals surface area contributed by atoms with Gasteiger partial charge in [-0.2, -0.15) is 0 Å². The number of carbonyl (C=O) groups is 1. The lowest BCUT2D eigenvalue weighted by Crippen LogP contribution is -2.31. The van der Waals surface area contributed by atoms with Gasteiger partial charge < -0.3 is 14.4 Å². The summed E-state index contributed by atoms with van der Waals surface area (Å²) in [6.45, 7) is 6.82. The second-order valence-corrected chi connectivity index (χ2v) is 7.58. The Labute approximate surface area is 159 Å².